The van der Waals surface area contributed by atoms with Gasteiger partial charge in [0.15, 0.2) is 5.82 Å². The van der Waals surface area contributed by atoms with E-state index in [4.69, 9.17) is 21.1 Å². The topological polar surface area (TPSA) is 89.1 Å². The van der Waals surface area contributed by atoms with E-state index in [2.05, 4.69) is 20.5 Å². The average molecular weight is 371 g/mol. The zero-order chi connectivity index (χ0) is 17.4. The fraction of sp³-hybridized carbons (Fsp3) is 0.400. The molecule has 0 fully saturated rings. The molecule has 0 atom stereocenters. The lowest BCUT2D eigenvalue weighted by molar-refractivity contribution is -0.118. The number of carbonyl (C=O) groups is 1. The zero-order valence-corrected chi connectivity index (χ0v) is 15.0. The SMILES string of the molecule is COCCNC(=O)CSc1n[nH]c(COc2ccc(Cl)c(C)c2)n1. The number of aryl methyl sites for hydroxylation is 1. The van der Waals surface area contributed by atoms with E-state index in [9.17, 15) is 4.79 Å². The van der Waals surface area contributed by atoms with E-state index < -0.39 is 0 Å². The summed E-state index contributed by atoms with van der Waals surface area (Å²) in [4.78, 5) is 15.9. The maximum absolute atomic E-state index is 11.6. The number of benzene rings is 1. The molecule has 0 saturated heterocycles. The van der Waals surface area contributed by atoms with Gasteiger partial charge in [-0.25, -0.2) is 4.98 Å². The van der Waals surface area contributed by atoms with Crippen LogP contribution in [0.4, 0.5) is 0 Å². The summed E-state index contributed by atoms with van der Waals surface area (Å²) in [6.45, 7) is 3.15. The van der Waals surface area contributed by atoms with Gasteiger partial charge in [0.25, 0.3) is 0 Å². The number of halogens is 1. The van der Waals surface area contributed by atoms with Crippen LogP contribution in [0.5, 0.6) is 5.75 Å². The molecule has 7 nitrogen and oxygen atoms in total. The molecule has 130 valence electrons. The Morgan fingerprint density at radius 3 is 3.04 bits per heavy atom. The number of aromatic amines is 1. The first-order valence-corrected chi connectivity index (χ1v) is 8.63. The monoisotopic (exact) mass is 370 g/mol. The molecule has 9 heteroatoms. The van der Waals surface area contributed by atoms with Crippen molar-refractivity contribution in [1.82, 2.24) is 20.5 Å². The molecule has 2 N–H and O–H groups in total. The number of methoxy groups -OCH3 is 1. The second-order valence-electron chi connectivity index (χ2n) is 4.90. The maximum Gasteiger partial charge on any atom is 0.230 e. The van der Waals surface area contributed by atoms with Gasteiger partial charge in [-0.15, -0.1) is 5.10 Å². The van der Waals surface area contributed by atoms with Crippen LogP contribution < -0.4 is 10.1 Å². The summed E-state index contributed by atoms with van der Waals surface area (Å²) >= 11 is 7.23. The van der Waals surface area contributed by atoms with Crippen LogP contribution in [0, 0.1) is 6.92 Å². The van der Waals surface area contributed by atoms with E-state index in [1.54, 1.807) is 19.2 Å². The third-order valence-corrected chi connectivity index (χ3v) is 4.25. The van der Waals surface area contributed by atoms with E-state index in [0.717, 1.165) is 5.56 Å². The number of nitrogens with zero attached hydrogens (tertiary/aromatic N) is 2. The Balaban J connectivity index is 1.76. The number of amides is 1. The predicted octanol–water partition coefficient (Wildman–Crippen LogP) is 2.20. The van der Waals surface area contributed by atoms with Crippen molar-refractivity contribution < 1.29 is 14.3 Å². The number of hydrogen-bond donors (Lipinski definition) is 2. The van der Waals surface area contributed by atoms with Gasteiger partial charge in [0.05, 0.1) is 12.4 Å². The van der Waals surface area contributed by atoms with Crippen molar-refractivity contribution in [3.8, 4) is 5.75 Å². The van der Waals surface area contributed by atoms with Crippen LogP contribution in [0.3, 0.4) is 0 Å². The minimum Gasteiger partial charge on any atom is -0.486 e. The molecular formula is C15H19ClN4O3S. The highest BCUT2D eigenvalue weighted by molar-refractivity contribution is 7.99. The minimum absolute atomic E-state index is 0.0868. The number of hydrogen-bond acceptors (Lipinski definition) is 6. The number of rotatable bonds is 9. The van der Waals surface area contributed by atoms with Gasteiger partial charge < -0.3 is 14.8 Å². The molecule has 0 saturated carbocycles. The molecular weight excluding hydrogens is 352 g/mol. The van der Waals surface area contributed by atoms with Crippen molar-refractivity contribution in [3.63, 3.8) is 0 Å². The summed E-state index contributed by atoms with van der Waals surface area (Å²) in [6.07, 6.45) is 0. The molecule has 0 radical (unpaired) electrons. The number of ether oxygens (including phenoxy) is 2. The molecule has 0 unspecified atom stereocenters. The van der Waals surface area contributed by atoms with Gasteiger partial charge in [0, 0.05) is 18.7 Å². The molecule has 0 spiro atoms. The van der Waals surface area contributed by atoms with Gasteiger partial charge in [-0.3, -0.25) is 9.89 Å². The maximum atomic E-state index is 11.6. The molecule has 1 aromatic carbocycles. The van der Waals surface area contributed by atoms with Crippen molar-refractivity contribution >= 4 is 29.3 Å². The van der Waals surface area contributed by atoms with E-state index in [0.29, 0.717) is 34.9 Å². The van der Waals surface area contributed by atoms with Crippen LogP contribution in [-0.4, -0.2) is 47.1 Å². The molecule has 0 bridgehead atoms. The summed E-state index contributed by atoms with van der Waals surface area (Å²) < 4.78 is 10.5. The molecule has 1 heterocycles. The van der Waals surface area contributed by atoms with Crippen molar-refractivity contribution in [3.05, 3.63) is 34.6 Å². The summed E-state index contributed by atoms with van der Waals surface area (Å²) in [7, 11) is 1.59. The van der Waals surface area contributed by atoms with Crippen LogP contribution >= 0.6 is 23.4 Å². The van der Waals surface area contributed by atoms with Gasteiger partial charge >= 0.3 is 0 Å². The highest BCUT2D eigenvalue weighted by Crippen LogP contribution is 2.21. The third-order valence-electron chi connectivity index (χ3n) is 2.98. The second kappa shape index (κ2) is 9.51. The summed E-state index contributed by atoms with van der Waals surface area (Å²) in [5.41, 5.74) is 0.947. The molecule has 24 heavy (non-hydrogen) atoms. The van der Waals surface area contributed by atoms with Crippen molar-refractivity contribution in [2.24, 2.45) is 0 Å². The second-order valence-corrected chi connectivity index (χ2v) is 6.25. The van der Waals surface area contributed by atoms with Crippen molar-refractivity contribution in [1.29, 1.82) is 0 Å². The van der Waals surface area contributed by atoms with Crippen LogP contribution in [0.25, 0.3) is 0 Å². The lowest BCUT2D eigenvalue weighted by atomic mass is 10.2. The van der Waals surface area contributed by atoms with Crippen molar-refractivity contribution in [2.75, 3.05) is 26.0 Å². The Labute approximate surface area is 149 Å². The first-order chi connectivity index (χ1) is 11.6. The standard InChI is InChI=1S/C15H19ClN4O3S/c1-10-7-11(3-4-12(10)16)23-8-13-18-15(20-19-13)24-9-14(21)17-5-6-22-2/h3-4,7H,5-6,8-9H2,1-2H3,(H,17,21)(H,18,19,20). The molecule has 1 aromatic heterocycles. The molecule has 2 aromatic rings. The smallest absolute Gasteiger partial charge is 0.230 e. The van der Waals surface area contributed by atoms with Crippen LogP contribution in [0.1, 0.15) is 11.4 Å². The fourth-order valence-corrected chi connectivity index (χ4v) is 2.50. The molecule has 2 rings (SSSR count). The summed E-state index contributed by atoms with van der Waals surface area (Å²) in [6, 6.07) is 5.44. The number of carbonyl (C=O) groups excluding carboxylic acids is 1. The fourth-order valence-electron chi connectivity index (χ4n) is 1.74. The Bertz CT molecular complexity index is 680. The average Bonchev–Trinajstić information content (AvgIpc) is 3.02. The van der Waals surface area contributed by atoms with E-state index >= 15 is 0 Å². The van der Waals surface area contributed by atoms with Crippen LogP contribution in [-0.2, 0) is 16.1 Å². The quantitative estimate of drug-likeness (QED) is 0.519. The Hall–Kier alpha value is -1.77. The predicted molar refractivity (Wildman–Crippen MR) is 92.5 cm³/mol. The van der Waals surface area contributed by atoms with Gasteiger partial charge in [0.1, 0.15) is 12.4 Å². The highest BCUT2D eigenvalue weighted by atomic mass is 35.5. The zero-order valence-electron chi connectivity index (χ0n) is 13.5. The first kappa shape index (κ1) is 18.6. The first-order valence-electron chi connectivity index (χ1n) is 7.27. The summed E-state index contributed by atoms with van der Waals surface area (Å²) in [5.74, 6) is 1.46. The number of thioether (sulfide) groups is 1. The van der Waals surface area contributed by atoms with Crippen LogP contribution in [0.2, 0.25) is 5.02 Å². The van der Waals surface area contributed by atoms with Gasteiger partial charge in [-0.05, 0) is 30.7 Å². The number of aromatic nitrogens is 3. The van der Waals surface area contributed by atoms with Gasteiger partial charge in [-0.2, -0.15) is 0 Å². The van der Waals surface area contributed by atoms with Gasteiger partial charge in [-0.1, -0.05) is 23.4 Å². The molecule has 0 aliphatic carbocycles. The third kappa shape index (κ3) is 6.03. The van der Waals surface area contributed by atoms with Crippen LogP contribution in [0.15, 0.2) is 23.4 Å². The highest BCUT2D eigenvalue weighted by Gasteiger charge is 2.08. The minimum atomic E-state index is -0.0868. The number of H-pyrrole nitrogens is 1. The van der Waals surface area contributed by atoms with E-state index in [1.807, 2.05) is 13.0 Å². The number of nitrogens with one attached hydrogen (secondary N) is 2. The lowest BCUT2D eigenvalue weighted by Gasteiger charge is -2.05. The normalized spacial score (nSPS) is 10.6. The molecule has 0 aliphatic heterocycles. The van der Waals surface area contributed by atoms with E-state index in [-0.39, 0.29) is 18.3 Å². The Kier molecular flexibility index (Phi) is 7.36. The van der Waals surface area contributed by atoms with Gasteiger partial charge in [0.2, 0.25) is 11.1 Å². The van der Waals surface area contributed by atoms with Crippen molar-refractivity contribution in [2.45, 2.75) is 18.7 Å². The van der Waals surface area contributed by atoms with E-state index in [1.165, 1.54) is 11.8 Å². The summed E-state index contributed by atoms with van der Waals surface area (Å²) in [5, 5.41) is 10.8. The molecule has 0 aliphatic rings. The largest absolute Gasteiger partial charge is 0.486 e. The molecule has 1 amide bonds. The Morgan fingerprint density at radius 1 is 1.46 bits per heavy atom. The lowest BCUT2D eigenvalue weighted by Crippen LogP contribution is -2.28. The Morgan fingerprint density at radius 2 is 2.29 bits per heavy atom.